The summed E-state index contributed by atoms with van der Waals surface area (Å²) in [4.78, 5) is 0. The van der Waals surface area contributed by atoms with Gasteiger partial charge in [-0.2, -0.15) is 0 Å². The number of fused-ring (bicyclic) bond motifs is 3. The van der Waals surface area contributed by atoms with E-state index in [2.05, 4.69) is 52.8 Å². The predicted molar refractivity (Wildman–Crippen MR) is 69.1 cm³/mol. The number of hydrogen-bond acceptors (Lipinski definition) is 3. The number of nitrogens with one attached hydrogen (secondary N) is 1. The Morgan fingerprint density at radius 2 is 2.06 bits per heavy atom. The quantitative estimate of drug-likeness (QED) is 0.811. The van der Waals surface area contributed by atoms with Crippen LogP contribution in [0.15, 0.2) is 30.3 Å². The Hall–Kier alpha value is -1.90. The van der Waals surface area contributed by atoms with Crippen molar-refractivity contribution in [3.05, 3.63) is 41.5 Å². The van der Waals surface area contributed by atoms with E-state index in [0.29, 0.717) is 5.92 Å². The molecule has 1 unspecified atom stereocenters. The molecule has 1 aliphatic rings. The Bertz CT molecular complexity index is 563. The topological polar surface area (TPSA) is 37.8 Å². The molecule has 3 nitrogen and oxygen atoms in total. The maximum absolute atomic E-state index is 4.35. The van der Waals surface area contributed by atoms with E-state index >= 15 is 0 Å². The zero-order valence-electron chi connectivity index (χ0n) is 10.1. The summed E-state index contributed by atoms with van der Waals surface area (Å²) in [6, 6.07) is 10.6. The van der Waals surface area contributed by atoms with Gasteiger partial charge < -0.3 is 5.32 Å². The molecule has 1 aromatic heterocycles. The summed E-state index contributed by atoms with van der Waals surface area (Å²) in [6.07, 6.45) is 1.04. The van der Waals surface area contributed by atoms with Gasteiger partial charge >= 0.3 is 0 Å². The minimum absolute atomic E-state index is 0.549. The van der Waals surface area contributed by atoms with Crippen LogP contribution in [0.25, 0.3) is 11.3 Å². The smallest absolute Gasteiger partial charge is 0.148 e. The number of rotatable bonds is 1. The number of anilines is 1. The molecule has 0 fully saturated rings. The molecule has 1 atom stereocenters. The summed E-state index contributed by atoms with van der Waals surface area (Å²) in [5.41, 5.74) is 4.94. The van der Waals surface area contributed by atoms with E-state index in [9.17, 15) is 0 Å². The Labute approximate surface area is 101 Å². The first-order valence-corrected chi connectivity index (χ1v) is 5.93. The van der Waals surface area contributed by atoms with Crippen molar-refractivity contribution >= 4 is 5.82 Å². The van der Waals surface area contributed by atoms with Crippen LogP contribution in [0.3, 0.4) is 0 Å². The molecule has 3 heteroatoms. The van der Waals surface area contributed by atoms with Gasteiger partial charge in [-0.25, -0.2) is 0 Å². The first kappa shape index (κ1) is 10.3. The zero-order chi connectivity index (χ0) is 11.8. The minimum atomic E-state index is 0.549. The van der Waals surface area contributed by atoms with Crippen molar-refractivity contribution in [2.75, 3.05) is 12.4 Å². The van der Waals surface area contributed by atoms with Gasteiger partial charge in [-0.3, -0.25) is 0 Å². The van der Waals surface area contributed by atoms with E-state index in [0.717, 1.165) is 17.9 Å². The van der Waals surface area contributed by atoms with Crippen molar-refractivity contribution in [1.82, 2.24) is 10.2 Å². The largest absolute Gasteiger partial charge is 0.372 e. The Morgan fingerprint density at radius 1 is 1.24 bits per heavy atom. The van der Waals surface area contributed by atoms with Crippen LogP contribution in [-0.4, -0.2) is 17.2 Å². The predicted octanol–water partition coefficient (Wildman–Crippen LogP) is 2.84. The van der Waals surface area contributed by atoms with Crippen molar-refractivity contribution in [1.29, 1.82) is 0 Å². The van der Waals surface area contributed by atoms with Gasteiger partial charge in [-0.1, -0.05) is 31.2 Å². The Kier molecular flexibility index (Phi) is 2.32. The molecule has 2 aromatic rings. The van der Waals surface area contributed by atoms with Crippen LogP contribution in [0.1, 0.15) is 24.0 Å². The third-order valence-corrected chi connectivity index (χ3v) is 3.40. The van der Waals surface area contributed by atoms with Crippen LogP contribution in [0.2, 0.25) is 0 Å². The first-order chi connectivity index (χ1) is 8.29. The van der Waals surface area contributed by atoms with Crippen molar-refractivity contribution in [2.45, 2.75) is 19.3 Å². The van der Waals surface area contributed by atoms with Crippen molar-refractivity contribution in [3.8, 4) is 11.3 Å². The second kappa shape index (κ2) is 3.84. The van der Waals surface area contributed by atoms with Gasteiger partial charge in [-0.15, -0.1) is 10.2 Å². The van der Waals surface area contributed by atoms with E-state index in [-0.39, 0.29) is 0 Å². The molecule has 0 bridgehead atoms. The monoisotopic (exact) mass is 225 g/mol. The maximum atomic E-state index is 4.35. The lowest BCUT2D eigenvalue weighted by molar-refractivity contribution is 0.739. The molecule has 0 spiro atoms. The summed E-state index contributed by atoms with van der Waals surface area (Å²) >= 11 is 0. The molecule has 1 N–H and O–H groups in total. The molecule has 0 aliphatic heterocycles. The fourth-order valence-corrected chi connectivity index (χ4v) is 2.52. The van der Waals surface area contributed by atoms with Crippen molar-refractivity contribution < 1.29 is 0 Å². The highest BCUT2D eigenvalue weighted by molar-refractivity contribution is 5.71. The van der Waals surface area contributed by atoms with Crippen LogP contribution < -0.4 is 5.32 Å². The summed E-state index contributed by atoms with van der Waals surface area (Å²) in [6.45, 7) is 2.27. The third kappa shape index (κ3) is 1.58. The van der Waals surface area contributed by atoms with Crippen LogP contribution in [-0.2, 0) is 6.42 Å². The number of aromatic nitrogens is 2. The fourth-order valence-electron chi connectivity index (χ4n) is 2.52. The third-order valence-electron chi connectivity index (χ3n) is 3.40. The molecule has 1 heterocycles. The molecular weight excluding hydrogens is 210 g/mol. The summed E-state index contributed by atoms with van der Waals surface area (Å²) in [5, 5.41) is 11.6. The molecular formula is C14H15N3. The SMILES string of the molecule is CNc1cc2c(nn1)-c1ccccc1C(C)C2. The molecule has 0 radical (unpaired) electrons. The van der Waals surface area contributed by atoms with E-state index in [1.165, 1.54) is 16.7 Å². The molecule has 1 aliphatic carbocycles. The Balaban J connectivity index is 2.21. The first-order valence-electron chi connectivity index (χ1n) is 5.93. The van der Waals surface area contributed by atoms with Gasteiger partial charge in [0.05, 0.1) is 5.69 Å². The van der Waals surface area contributed by atoms with Crippen LogP contribution in [0, 0.1) is 0 Å². The molecule has 0 amide bonds. The number of nitrogens with zero attached hydrogens (tertiary/aromatic N) is 2. The van der Waals surface area contributed by atoms with Gasteiger partial charge in [0.25, 0.3) is 0 Å². The van der Waals surface area contributed by atoms with Crippen molar-refractivity contribution in [2.24, 2.45) is 0 Å². The van der Waals surface area contributed by atoms with Gasteiger partial charge in [0.15, 0.2) is 0 Å². The van der Waals surface area contributed by atoms with E-state index in [1.54, 1.807) is 0 Å². The number of benzene rings is 1. The second-order valence-electron chi connectivity index (χ2n) is 4.55. The van der Waals surface area contributed by atoms with Crippen LogP contribution >= 0.6 is 0 Å². The van der Waals surface area contributed by atoms with Crippen LogP contribution in [0.5, 0.6) is 0 Å². The second-order valence-corrected chi connectivity index (χ2v) is 4.55. The fraction of sp³-hybridized carbons (Fsp3) is 0.286. The molecule has 3 rings (SSSR count). The molecule has 86 valence electrons. The average molecular weight is 225 g/mol. The lowest BCUT2D eigenvalue weighted by Gasteiger charge is -2.24. The summed E-state index contributed by atoms with van der Waals surface area (Å²) in [7, 11) is 1.87. The van der Waals surface area contributed by atoms with Crippen LogP contribution in [0.4, 0.5) is 5.82 Å². The van der Waals surface area contributed by atoms with E-state index in [1.807, 2.05) is 7.05 Å². The molecule has 0 saturated heterocycles. The Morgan fingerprint density at radius 3 is 2.88 bits per heavy atom. The highest BCUT2D eigenvalue weighted by atomic mass is 15.2. The standard InChI is InChI=1S/C14H15N3/c1-9-7-10-8-13(15-2)16-17-14(10)12-6-4-3-5-11(9)12/h3-6,8-9H,7H2,1-2H3,(H,15,16). The zero-order valence-corrected chi connectivity index (χ0v) is 10.1. The lowest BCUT2D eigenvalue weighted by atomic mass is 9.82. The van der Waals surface area contributed by atoms with Gasteiger partial charge in [-0.05, 0) is 29.5 Å². The van der Waals surface area contributed by atoms with E-state index in [4.69, 9.17) is 0 Å². The summed E-state index contributed by atoms with van der Waals surface area (Å²) < 4.78 is 0. The maximum Gasteiger partial charge on any atom is 0.148 e. The minimum Gasteiger partial charge on any atom is -0.372 e. The highest BCUT2D eigenvalue weighted by Crippen LogP contribution is 2.38. The molecule has 17 heavy (non-hydrogen) atoms. The van der Waals surface area contributed by atoms with Gasteiger partial charge in [0.1, 0.15) is 5.82 Å². The highest BCUT2D eigenvalue weighted by Gasteiger charge is 2.22. The van der Waals surface area contributed by atoms with Crippen molar-refractivity contribution in [3.63, 3.8) is 0 Å². The summed E-state index contributed by atoms with van der Waals surface area (Å²) in [5.74, 6) is 1.39. The van der Waals surface area contributed by atoms with Gasteiger partial charge in [0.2, 0.25) is 0 Å². The van der Waals surface area contributed by atoms with Gasteiger partial charge in [0, 0.05) is 12.6 Å². The lowest BCUT2D eigenvalue weighted by Crippen LogP contribution is -2.11. The normalized spacial score (nSPS) is 17.2. The molecule has 1 aromatic carbocycles. The average Bonchev–Trinajstić information content (AvgIpc) is 2.38. The number of hydrogen-bond donors (Lipinski definition) is 1. The van der Waals surface area contributed by atoms with E-state index < -0.39 is 0 Å². The molecule has 0 saturated carbocycles.